The fraction of sp³-hybridized carbons (Fsp3) is 0.235. The summed E-state index contributed by atoms with van der Waals surface area (Å²) in [6.07, 6.45) is -6.09. The number of nitrogens with zero attached hydrogens (tertiary/aromatic N) is 1. The number of hydrogen-bond acceptors (Lipinski definition) is 2. The standard InChI is InChI=1S/C17H17F3N2O2/c18-17(19,20)14-9-5-4-8-13(14)15(23)11-22(16(21)24)10-12-6-2-1-3-7-12/h1-9,15,23H,10-11H2,(H2,21,24)/t15-/m0/s1. The van der Waals surface area contributed by atoms with E-state index in [9.17, 15) is 23.1 Å². The zero-order valence-corrected chi connectivity index (χ0v) is 12.7. The van der Waals surface area contributed by atoms with Gasteiger partial charge in [0.25, 0.3) is 0 Å². The van der Waals surface area contributed by atoms with Crippen molar-refractivity contribution in [2.24, 2.45) is 5.73 Å². The summed E-state index contributed by atoms with van der Waals surface area (Å²) in [5, 5.41) is 10.2. The number of halogens is 3. The van der Waals surface area contributed by atoms with Gasteiger partial charge in [0.05, 0.1) is 18.2 Å². The molecule has 7 heteroatoms. The average molecular weight is 338 g/mol. The Bertz CT molecular complexity index is 690. The highest BCUT2D eigenvalue weighted by Crippen LogP contribution is 2.34. The van der Waals surface area contributed by atoms with Crippen LogP contribution in [0.15, 0.2) is 54.6 Å². The predicted octanol–water partition coefficient (Wildman–Crippen LogP) is 3.32. The number of primary amides is 1. The van der Waals surface area contributed by atoms with E-state index in [0.29, 0.717) is 0 Å². The number of carbonyl (C=O) groups is 1. The molecule has 24 heavy (non-hydrogen) atoms. The molecule has 0 aliphatic carbocycles. The Morgan fingerprint density at radius 2 is 1.67 bits per heavy atom. The van der Waals surface area contributed by atoms with E-state index in [2.05, 4.69) is 0 Å². The second kappa shape index (κ2) is 7.35. The molecule has 4 nitrogen and oxygen atoms in total. The van der Waals surface area contributed by atoms with Gasteiger partial charge in [-0.3, -0.25) is 0 Å². The number of aliphatic hydroxyl groups is 1. The lowest BCUT2D eigenvalue weighted by Gasteiger charge is -2.25. The predicted molar refractivity (Wildman–Crippen MR) is 82.8 cm³/mol. The molecule has 0 saturated carbocycles. The molecule has 3 N–H and O–H groups in total. The topological polar surface area (TPSA) is 66.6 Å². The number of nitrogens with two attached hydrogens (primary N) is 1. The van der Waals surface area contributed by atoms with E-state index in [0.717, 1.165) is 16.5 Å². The Hall–Kier alpha value is -2.54. The number of urea groups is 1. The molecule has 0 fully saturated rings. The van der Waals surface area contributed by atoms with E-state index >= 15 is 0 Å². The maximum absolute atomic E-state index is 13.0. The first-order valence-electron chi connectivity index (χ1n) is 7.21. The molecule has 0 saturated heterocycles. The highest BCUT2D eigenvalue weighted by Gasteiger charge is 2.35. The third kappa shape index (κ3) is 4.48. The Morgan fingerprint density at radius 3 is 2.25 bits per heavy atom. The molecular weight excluding hydrogens is 321 g/mol. The lowest BCUT2D eigenvalue weighted by molar-refractivity contribution is -0.139. The molecule has 0 aliphatic heterocycles. The van der Waals surface area contributed by atoms with Crippen LogP contribution in [0.3, 0.4) is 0 Å². The zero-order valence-electron chi connectivity index (χ0n) is 12.7. The summed E-state index contributed by atoms with van der Waals surface area (Å²) < 4.78 is 39.1. The number of amides is 2. The van der Waals surface area contributed by atoms with Crippen LogP contribution in [0.25, 0.3) is 0 Å². The van der Waals surface area contributed by atoms with Gasteiger partial charge >= 0.3 is 12.2 Å². The van der Waals surface area contributed by atoms with Gasteiger partial charge in [-0.15, -0.1) is 0 Å². The monoisotopic (exact) mass is 338 g/mol. The van der Waals surface area contributed by atoms with Gasteiger partial charge in [-0.1, -0.05) is 48.5 Å². The van der Waals surface area contributed by atoms with Gasteiger partial charge in [0.15, 0.2) is 0 Å². The van der Waals surface area contributed by atoms with Crippen molar-refractivity contribution in [2.45, 2.75) is 18.8 Å². The Labute approximate surface area is 137 Å². The third-order valence-corrected chi connectivity index (χ3v) is 3.55. The highest BCUT2D eigenvalue weighted by molar-refractivity contribution is 5.72. The summed E-state index contributed by atoms with van der Waals surface area (Å²) >= 11 is 0. The summed E-state index contributed by atoms with van der Waals surface area (Å²) in [5.41, 5.74) is 4.83. The van der Waals surface area contributed by atoms with Crippen LogP contribution in [-0.4, -0.2) is 22.6 Å². The minimum absolute atomic E-state index is 0.0986. The number of benzene rings is 2. The number of aliphatic hydroxyl groups excluding tert-OH is 1. The second-order valence-corrected chi connectivity index (χ2v) is 5.31. The minimum atomic E-state index is -4.59. The number of hydrogen-bond donors (Lipinski definition) is 2. The number of carbonyl (C=O) groups excluding carboxylic acids is 1. The molecule has 0 radical (unpaired) electrons. The second-order valence-electron chi connectivity index (χ2n) is 5.31. The van der Waals surface area contributed by atoms with Crippen molar-refractivity contribution in [3.63, 3.8) is 0 Å². The molecule has 0 aromatic heterocycles. The Balaban J connectivity index is 2.20. The molecule has 2 aromatic carbocycles. The molecule has 0 spiro atoms. The first-order valence-corrected chi connectivity index (χ1v) is 7.21. The number of rotatable bonds is 5. The van der Waals surface area contributed by atoms with Crippen LogP contribution in [0.2, 0.25) is 0 Å². The van der Waals surface area contributed by atoms with Crippen LogP contribution < -0.4 is 5.73 Å². The van der Waals surface area contributed by atoms with Crippen LogP contribution in [0.5, 0.6) is 0 Å². The van der Waals surface area contributed by atoms with Crippen LogP contribution in [0.4, 0.5) is 18.0 Å². The molecule has 2 aromatic rings. The summed E-state index contributed by atoms with van der Waals surface area (Å²) in [5.74, 6) is 0. The molecule has 0 bridgehead atoms. The van der Waals surface area contributed by atoms with Crippen molar-refractivity contribution in [1.82, 2.24) is 4.90 Å². The van der Waals surface area contributed by atoms with Crippen LogP contribution in [0.1, 0.15) is 22.8 Å². The average Bonchev–Trinajstić information content (AvgIpc) is 2.54. The van der Waals surface area contributed by atoms with E-state index in [1.165, 1.54) is 18.2 Å². The maximum Gasteiger partial charge on any atom is 0.416 e. The summed E-state index contributed by atoms with van der Waals surface area (Å²) in [6.45, 7) is -0.237. The molecule has 1 atom stereocenters. The van der Waals surface area contributed by atoms with Gasteiger partial charge in [-0.2, -0.15) is 13.2 Å². The van der Waals surface area contributed by atoms with Gasteiger partial charge in [0.1, 0.15) is 0 Å². The summed E-state index contributed by atoms with van der Waals surface area (Å²) in [4.78, 5) is 12.7. The largest absolute Gasteiger partial charge is 0.416 e. The Morgan fingerprint density at radius 1 is 1.08 bits per heavy atom. The molecule has 2 rings (SSSR count). The van der Waals surface area contributed by atoms with Gasteiger partial charge in [0.2, 0.25) is 0 Å². The van der Waals surface area contributed by atoms with Gasteiger partial charge in [-0.05, 0) is 17.2 Å². The van der Waals surface area contributed by atoms with Crippen LogP contribution >= 0.6 is 0 Å². The van der Waals surface area contributed by atoms with E-state index in [-0.39, 0.29) is 18.7 Å². The maximum atomic E-state index is 13.0. The first-order chi connectivity index (χ1) is 11.3. The zero-order chi connectivity index (χ0) is 17.7. The lowest BCUT2D eigenvalue weighted by atomic mass is 10.0. The fourth-order valence-corrected chi connectivity index (χ4v) is 2.39. The van der Waals surface area contributed by atoms with Crippen molar-refractivity contribution in [1.29, 1.82) is 0 Å². The quantitative estimate of drug-likeness (QED) is 0.878. The van der Waals surface area contributed by atoms with Gasteiger partial charge in [-0.25, -0.2) is 4.79 Å². The highest BCUT2D eigenvalue weighted by atomic mass is 19.4. The van der Waals surface area contributed by atoms with E-state index in [4.69, 9.17) is 5.73 Å². The molecule has 0 unspecified atom stereocenters. The first kappa shape index (κ1) is 17.8. The SMILES string of the molecule is NC(=O)N(Cc1ccccc1)C[C@H](O)c1ccccc1C(F)(F)F. The molecule has 128 valence electrons. The van der Waals surface area contributed by atoms with E-state index < -0.39 is 23.9 Å². The summed E-state index contributed by atoms with van der Waals surface area (Å²) in [6, 6.07) is 12.8. The van der Waals surface area contributed by atoms with Crippen molar-refractivity contribution in [3.8, 4) is 0 Å². The summed E-state index contributed by atoms with van der Waals surface area (Å²) in [7, 11) is 0. The fourth-order valence-electron chi connectivity index (χ4n) is 2.39. The number of alkyl halides is 3. The lowest BCUT2D eigenvalue weighted by Crippen LogP contribution is -2.38. The van der Waals surface area contributed by atoms with Crippen LogP contribution in [-0.2, 0) is 12.7 Å². The molecule has 0 aliphatic rings. The van der Waals surface area contributed by atoms with Crippen molar-refractivity contribution in [3.05, 3.63) is 71.3 Å². The van der Waals surface area contributed by atoms with Gasteiger partial charge in [0, 0.05) is 6.54 Å². The smallest absolute Gasteiger partial charge is 0.387 e. The van der Waals surface area contributed by atoms with Crippen LogP contribution in [0, 0.1) is 0 Å². The van der Waals surface area contributed by atoms with Gasteiger partial charge < -0.3 is 15.7 Å². The van der Waals surface area contributed by atoms with Crippen molar-refractivity contribution in [2.75, 3.05) is 6.54 Å². The normalized spacial score (nSPS) is 12.7. The van der Waals surface area contributed by atoms with E-state index in [1.807, 2.05) is 0 Å². The molecule has 2 amide bonds. The van der Waals surface area contributed by atoms with Crippen molar-refractivity contribution >= 4 is 6.03 Å². The minimum Gasteiger partial charge on any atom is -0.387 e. The van der Waals surface area contributed by atoms with Crippen molar-refractivity contribution < 1.29 is 23.1 Å². The molecule has 0 heterocycles. The Kier molecular flexibility index (Phi) is 5.46. The molecular formula is C17H17F3N2O2. The van der Waals surface area contributed by atoms with E-state index in [1.54, 1.807) is 30.3 Å². The third-order valence-electron chi connectivity index (χ3n) is 3.55.